The molecule has 4 rings (SSSR count). The lowest BCUT2D eigenvalue weighted by molar-refractivity contribution is -0.398. The fraction of sp³-hybridized carbons (Fsp3) is 0.150. The number of ether oxygens (including phenoxy) is 2. The number of benzene rings is 2. The second-order valence-electron chi connectivity index (χ2n) is 6.36. The van der Waals surface area contributed by atoms with Crippen LogP contribution < -0.4 is 19.9 Å². The number of thioether (sulfide) groups is 1. The van der Waals surface area contributed by atoms with Gasteiger partial charge in [0.15, 0.2) is 11.9 Å². The van der Waals surface area contributed by atoms with Crippen LogP contribution in [0.1, 0.15) is 11.8 Å². The quantitative estimate of drug-likeness (QED) is 0.264. The molecule has 0 amide bonds. The van der Waals surface area contributed by atoms with E-state index in [2.05, 4.69) is 27.1 Å². The van der Waals surface area contributed by atoms with E-state index < -0.39 is 22.6 Å². The summed E-state index contributed by atoms with van der Waals surface area (Å²) < 4.78 is 11.1. The smallest absolute Gasteiger partial charge is 0.265 e. The minimum atomic E-state index is -0.899. The fourth-order valence-electron chi connectivity index (χ4n) is 3.04. The predicted molar refractivity (Wildman–Crippen MR) is 112 cm³/mol. The van der Waals surface area contributed by atoms with Crippen molar-refractivity contribution < 1.29 is 19.5 Å². The van der Waals surface area contributed by atoms with Crippen LogP contribution in [-0.4, -0.2) is 33.0 Å². The second kappa shape index (κ2) is 8.48. The molecule has 1 aliphatic rings. The number of para-hydroxylation sites is 1. The van der Waals surface area contributed by atoms with Gasteiger partial charge in [0.05, 0.1) is 12.0 Å². The summed E-state index contributed by atoms with van der Waals surface area (Å²) in [4.78, 5) is 15.1. The highest BCUT2D eigenvalue weighted by Gasteiger charge is 2.28. The van der Waals surface area contributed by atoms with E-state index in [1.54, 1.807) is 6.08 Å². The summed E-state index contributed by atoms with van der Waals surface area (Å²) in [5, 5.41) is 35.6. The minimum absolute atomic E-state index is 0.157. The molecule has 3 aromatic rings. The zero-order valence-corrected chi connectivity index (χ0v) is 17.1. The molecule has 0 spiro atoms. The first kappa shape index (κ1) is 20.4. The van der Waals surface area contributed by atoms with Crippen LogP contribution in [0.4, 0.5) is 11.4 Å². The number of nitro benzene ring substituents is 1. The average Bonchev–Trinajstić information content (AvgIpc) is 2.94. The third-order valence-electron chi connectivity index (χ3n) is 4.44. The molecule has 1 aromatic heterocycles. The summed E-state index contributed by atoms with van der Waals surface area (Å²) in [6, 6.07) is 9.89. The highest BCUT2D eigenvalue weighted by Crippen LogP contribution is 2.42. The summed E-state index contributed by atoms with van der Waals surface area (Å²) in [5.74, 6) is -0.169. The normalized spacial score (nSPS) is 14.3. The van der Waals surface area contributed by atoms with Gasteiger partial charge in [0.1, 0.15) is 5.75 Å². The molecule has 158 valence electrons. The molecular weight excluding hydrogens is 422 g/mol. The van der Waals surface area contributed by atoms with Gasteiger partial charge in [-0.05, 0) is 12.1 Å². The van der Waals surface area contributed by atoms with Crippen LogP contribution in [0.25, 0.3) is 11.3 Å². The van der Waals surface area contributed by atoms with Crippen LogP contribution in [0.15, 0.2) is 54.2 Å². The van der Waals surface area contributed by atoms with Gasteiger partial charge in [-0.2, -0.15) is 4.98 Å². The molecule has 2 aromatic carbocycles. The van der Waals surface area contributed by atoms with Crippen LogP contribution in [0.5, 0.6) is 17.4 Å². The van der Waals surface area contributed by atoms with Crippen molar-refractivity contribution in [3.8, 4) is 28.6 Å². The van der Waals surface area contributed by atoms with Crippen molar-refractivity contribution in [3.05, 3.63) is 64.7 Å². The highest BCUT2D eigenvalue weighted by atomic mass is 32.2. The molecule has 1 aliphatic heterocycles. The van der Waals surface area contributed by atoms with E-state index in [0.29, 0.717) is 33.4 Å². The Bertz CT molecular complexity index is 1170. The third-order valence-corrected chi connectivity index (χ3v) is 5.27. The lowest BCUT2D eigenvalue weighted by atomic mass is 10.1. The Hall–Kier alpha value is -3.86. The van der Waals surface area contributed by atoms with E-state index in [-0.39, 0.29) is 11.6 Å². The minimum Gasteiger partial charge on any atom is -0.865 e. The standard InChI is InChI=1S/C20H17N5O5S/c1-3-8-31-20-22-19-16(23-24-20)12-6-4-5-7-13(12)21-18(30-19)11-9-14(25(27)28)17(26)15(10-11)29-2/h3-7,9-10,18,21,26H,1,8H2,2H3/p-1/t18-/m1/s1. The summed E-state index contributed by atoms with van der Waals surface area (Å²) in [6.45, 7) is 3.68. The van der Waals surface area contributed by atoms with Gasteiger partial charge in [-0.15, -0.1) is 16.8 Å². The Balaban J connectivity index is 1.84. The van der Waals surface area contributed by atoms with E-state index in [4.69, 9.17) is 9.47 Å². The highest BCUT2D eigenvalue weighted by molar-refractivity contribution is 7.99. The third kappa shape index (κ3) is 3.94. The zero-order chi connectivity index (χ0) is 22.0. The average molecular weight is 438 g/mol. The number of rotatable bonds is 6. The van der Waals surface area contributed by atoms with Crippen molar-refractivity contribution in [2.45, 2.75) is 11.4 Å². The fourth-order valence-corrected chi connectivity index (χ4v) is 3.55. The molecule has 1 atom stereocenters. The number of aromatic nitrogens is 3. The van der Waals surface area contributed by atoms with Gasteiger partial charge in [0.25, 0.3) is 5.69 Å². The first-order valence-corrected chi connectivity index (χ1v) is 10.0. The second-order valence-corrected chi connectivity index (χ2v) is 7.35. The predicted octanol–water partition coefficient (Wildman–Crippen LogP) is 3.31. The van der Waals surface area contributed by atoms with Crippen LogP contribution in [0.2, 0.25) is 0 Å². The van der Waals surface area contributed by atoms with E-state index in [0.717, 1.165) is 6.07 Å². The van der Waals surface area contributed by atoms with Gasteiger partial charge in [-0.25, -0.2) is 0 Å². The molecule has 0 radical (unpaired) electrons. The maximum Gasteiger partial charge on any atom is 0.265 e. The van der Waals surface area contributed by atoms with Crippen LogP contribution in [-0.2, 0) is 0 Å². The first-order chi connectivity index (χ1) is 15.0. The largest absolute Gasteiger partial charge is 0.865 e. The zero-order valence-electron chi connectivity index (χ0n) is 16.3. The lowest BCUT2D eigenvalue weighted by Gasteiger charge is -2.21. The topological polar surface area (TPSA) is 135 Å². The van der Waals surface area contributed by atoms with Crippen molar-refractivity contribution in [2.75, 3.05) is 18.2 Å². The molecule has 0 aliphatic carbocycles. The van der Waals surface area contributed by atoms with E-state index in [1.807, 2.05) is 24.3 Å². The Morgan fingerprint density at radius 2 is 2.16 bits per heavy atom. The van der Waals surface area contributed by atoms with Crippen LogP contribution in [0, 0.1) is 10.1 Å². The number of nitrogens with one attached hydrogen (secondary N) is 1. The Morgan fingerprint density at radius 3 is 2.90 bits per heavy atom. The molecule has 1 N–H and O–H groups in total. The van der Waals surface area contributed by atoms with Gasteiger partial charge in [0, 0.05) is 34.4 Å². The number of nitro groups is 1. The molecule has 11 heteroatoms. The number of nitrogens with zero attached hydrogens (tertiary/aromatic N) is 4. The van der Waals surface area contributed by atoms with Gasteiger partial charge in [-0.1, -0.05) is 36.0 Å². The molecule has 2 heterocycles. The summed E-state index contributed by atoms with van der Waals surface area (Å²) >= 11 is 1.34. The number of anilines is 1. The lowest BCUT2D eigenvalue weighted by Crippen LogP contribution is -2.18. The van der Waals surface area contributed by atoms with Crippen molar-refractivity contribution in [3.63, 3.8) is 0 Å². The van der Waals surface area contributed by atoms with Gasteiger partial charge in [-0.3, -0.25) is 10.1 Å². The van der Waals surface area contributed by atoms with Gasteiger partial charge in [0.2, 0.25) is 11.0 Å². The molecule has 0 bridgehead atoms. The molecule has 31 heavy (non-hydrogen) atoms. The summed E-state index contributed by atoms with van der Waals surface area (Å²) in [7, 11) is 1.27. The SMILES string of the molecule is C=CCSc1nnc2c(n1)O[C@H](c1cc(OC)c([O-])c([N+](=O)[O-])c1)Nc1ccccc1-2. The Labute approximate surface area is 181 Å². The summed E-state index contributed by atoms with van der Waals surface area (Å²) in [5.41, 5.74) is 1.52. The van der Waals surface area contributed by atoms with Crippen LogP contribution in [0.3, 0.4) is 0 Å². The number of hydrogen-bond acceptors (Lipinski definition) is 10. The maximum absolute atomic E-state index is 12.2. The maximum atomic E-state index is 12.2. The van der Waals surface area contributed by atoms with E-state index in [1.165, 1.54) is 24.9 Å². The van der Waals surface area contributed by atoms with E-state index in [9.17, 15) is 15.2 Å². The molecular formula is C20H16N5O5S-. The number of hydrogen-bond donors (Lipinski definition) is 1. The first-order valence-electron chi connectivity index (χ1n) is 9.06. The number of fused-ring (bicyclic) bond motifs is 3. The van der Waals surface area contributed by atoms with Crippen molar-refractivity contribution in [2.24, 2.45) is 0 Å². The Kier molecular flexibility index (Phi) is 5.58. The molecule has 0 saturated heterocycles. The van der Waals surface area contributed by atoms with Crippen molar-refractivity contribution in [1.82, 2.24) is 15.2 Å². The molecule has 0 saturated carbocycles. The van der Waals surface area contributed by atoms with Crippen molar-refractivity contribution >= 4 is 23.1 Å². The number of methoxy groups -OCH3 is 1. The Morgan fingerprint density at radius 1 is 1.35 bits per heavy atom. The summed E-state index contributed by atoms with van der Waals surface area (Å²) in [6.07, 6.45) is 0.820. The van der Waals surface area contributed by atoms with Gasteiger partial charge >= 0.3 is 0 Å². The van der Waals surface area contributed by atoms with Crippen LogP contribution >= 0.6 is 11.8 Å². The van der Waals surface area contributed by atoms with Crippen molar-refractivity contribution in [1.29, 1.82) is 0 Å². The van der Waals surface area contributed by atoms with E-state index >= 15 is 0 Å². The molecule has 10 nitrogen and oxygen atoms in total. The molecule has 0 fully saturated rings. The molecule has 0 unspecified atom stereocenters. The monoisotopic (exact) mass is 438 g/mol. The van der Waals surface area contributed by atoms with Gasteiger partial charge < -0.3 is 19.9 Å².